The number of benzene rings is 2. The molecule has 4 rings (SSSR count). The molecule has 36 heavy (non-hydrogen) atoms. The van der Waals surface area contributed by atoms with E-state index in [-0.39, 0.29) is 35.4 Å². The Labute approximate surface area is 215 Å². The van der Waals surface area contributed by atoms with Crippen molar-refractivity contribution >= 4 is 5.78 Å². The minimum atomic E-state index is -0.296. The van der Waals surface area contributed by atoms with Gasteiger partial charge in [0, 0.05) is 24.1 Å². The molecule has 0 amide bonds. The van der Waals surface area contributed by atoms with Crippen LogP contribution in [0.15, 0.2) is 42.5 Å². The van der Waals surface area contributed by atoms with Gasteiger partial charge in [-0.1, -0.05) is 24.3 Å². The van der Waals surface area contributed by atoms with E-state index in [0.717, 1.165) is 44.5 Å². The molecule has 4 atom stereocenters. The first-order chi connectivity index (χ1) is 17.3. The van der Waals surface area contributed by atoms with E-state index < -0.39 is 0 Å². The van der Waals surface area contributed by atoms with Gasteiger partial charge in [-0.25, -0.2) is 4.39 Å². The van der Waals surface area contributed by atoms with Crippen LogP contribution < -0.4 is 0 Å². The van der Waals surface area contributed by atoms with Crippen LogP contribution in [-0.2, 0) is 0 Å². The molecule has 0 saturated carbocycles. The van der Waals surface area contributed by atoms with Gasteiger partial charge in [0.05, 0.1) is 6.17 Å². The molecule has 0 radical (unpaired) electrons. The van der Waals surface area contributed by atoms with Gasteiger partial charge in [-0.15, -0.1) is 0 Å². The number of rotatable bonds is 9. The lowest BCUT2D eigenvalue weighted by atomic mass is 9.74. The summed E-state index contributed by atoms with van der Waals surface area (Å²) < 4.78 is 14.7. The summed E-state index contributed by atoms with van der Waals surface area (Å²) in [6, 6.07) is 12.5. The quantitative estimate of drug-likeness (QED) is 0.379. The summed E-state index contributed by atoms with van der Waals surface area (Å²) >= 11 is 0. The molecule has 0 spiro atoms. The third kappa shape index (κ3) is 5.99. The monoisotopic (exact) mass is 495 g/mol. The van der Waals surface area contributed by atoms with E-state index in [1.807, 2.05) is 13.0 Å². The van der Waals surface area contributed by atoms with Gasteiger partial charge in [0.15, 0.2) is 5.78 Å². The topological polar surface area (TPSA) is 47.0 Å². The number of aromatic hydroxyl groups is 1. The van der Waals surface area contributed by atoms with E-state index in [4.69, 9.17) is 0 Å². The van der Waals surface area contributed by atoms with Gasteiger partial charge in [-0.2, -0.15) is 0 Å². The fourth-order valence-electron chi connectivity index (χ4n) is 6.28. The van der Waals surface area contributed by atoms with E-state index in [1.54, 1.807) is 30.3 Å². The first kappa shape index (κ1) is 26.8. The van der Waals surface area contributed by atoms with Crippen LogP contribution in [0.3, 0.4) is 0 Å². The van der Waals surface area contributed by atoms with Crippen LogP contribution >= 0.6 is 0 Å². The minimum absolute atomic E-state index is 0.0331. The zero-order valence-electron chi connectivity index (χ0n) is 22.3. The molecule has 2 heterocycles. The number of likely N-dealkylation sites (tertiary alicyclic amines) is 2. The van der Waals surface area contributed by atoms with Gasteiger partial charge < -0.3 is 10.0 Å². The van der Waals surface area contributed by atoms with Gasteiger partial charge in [-0.3, -0.25) is 14.6 Å². The summed E-state index contributed by atoms with van der Waals surface area (Å²) in [6.45, 7) is 7.85. The van der Waals surface area contributed by atoms with Crippen LogP contribution in [0, 0.1) is 18.7 Å². The fourth-order valence-corrected chi connectivity index (χ4v) is 6.28. The smallest absolute Gasteiger partial charge is 0.167 e. The van der Waals surface area contributed by atoms with Crippen molar-refractivity contribution in [3.05, 3.63) is 65.0 Å². The first-order valence-electron chi connectivity index (χ1n) is 13.5. The van der Waals surface area contributed by atoms with E-state index in [2.05, 4.69) is 35.7 Å². The van der Waals surface area contributed by atoms with Crippen molar-refractivity contribution in [1.82, 2.24) is 14.7 Å². The summed E-state index contributed by atoms with van der Waals surface area (Å²) in [6.07, 6.45) is 5.62. The van der Waals surface area contributed by atoms with Crippen LogP contribution in [-0.4, -0.2) is 78.1 Å². The van der Waals surface area contributed by atoms with Crippen LogP contribution in [0.25, 0.3) is 0 Å². The van der Waals surface area contributed by atoms with E-state index in [9.17, 15) is 14.3 Å². The number of nitrogens with zero attached hydrogens (tertiary/aromatic N) is 3. The fraction of sp³-hybridized carbons (Fsp3) is 0.567. The largest absolute Gasteiger partial charge is 0.508 e. The highest BCUT2D eigenvalue weighted by molar-refractivity contribution is 5.99. The van der Waals surface area contributed by atoms with Crippen molar-refractivity contribution in [2.24, 2.45) is 5.92 Å². The van der Waals surface area contributed by atoms with Gasteiger partial charge in [-0.05, 0) is 115 Å². The molecule has 2 fully saturated rings. The number of hydrogen-bond donors (Lipinski definition) is 1. The van der Waals surface area contributed by atoms with E-state index in [1.165, 1.54) is 18.9 Å². The Bertz CT molecular complexity index is 1040. The summed E-state index contributed by atoms with van der Waals surface area (Å²) in [4.78, 5) is 21.3. The number of hydrogen-bond acceptors (Lipinski definition) is 5. The summed E-state index contributed by atoms with van der Waals surface area (Å²) in [5, 5.41) is 10.1. The van der Waals surface area contributed by atoms with Crippen molar-refractivity contribution in [2.75, 3.05) is 40.3 Å². The molecule has 196 valence electrons. The number of carbonyl (C=O) groups excluding carboxylic acids is 1. The minimum Gasteiger partial charge on any atom is -0.508 e. The van der Waals surface area contributed by atoms with Crippen molar-refractivity contribution in [2.45, 2.75) is 64.1 Å². The second-order valence-electron chi connectivity index (χ2n) is 11.0. The lowest BCUT2D eigenvalue weighted by Gasteiger charge is -2.48. The lowest BCUT2D eigenvalue weighted by molar-refractivity contribution is -0.0165. The third-order valence-corrected chi connectivity index (χ3v) is 8.27. The number of phenols is 1. The molecule has 0 aromatic heterocycles. The zero-order valence-corrected chi connectivity index (χ0v) is 22.3. The maximum atomic E-state index is 14.7. The van der Waals surface area contributed by atoms with Gasteiger partial charge in [0.25, 0.3) is 0 Å². The van der Waals surface area contributed by atoms with Gasteiger partial charge >= 0.3 is 0 Å². The molecule has 2 aromatic rings. The first-order valence-corrected chi connectivity index (χ1v) is 13.5. The standard InChI is InChI=1S/C30H42FN3O2/c1-21-10-9-17-34(21)29-19-26(25-13-8-14-28(31)22(25)2)27(20-33(29)16-6-5-15-32(3)4)30(36)23-11-7-12-24(35)18-23/h7-8,11-14,18,21,26-27,29,35H,5-6,9-10,15-17,19-20H2,1-4H3/t21-,26?,27?,29?/m1/s1. The number of Topliss-reactive ketones (excluding diaryl/α,β-unsaturated/α-hetero) is 1. The normalized spacial score (nSPS) is 25.5. The summed E-state index contributed by atoms with van der Waals surface area (Å²) in [7, 11) is 4.21. The molecule has 2 saturated heterocycles. The average Bonchev–Trinajstić information content (AvgIpc) is 3.28. The third-order valence-electron chi connectivity index (χ3n) is 8.27. The SMILES string of the molecule is Cc1c(F)cccc1C1CC(N2CCC[C@H]2C)N(CCCCN(C)C)CC1C(=O)c1cccc(O)c1. The van der Waals surface area contributed by atoms with Gasteiger partial charge in [0.1, 0.15) is 11.6 Å². The predicted octanol–water partition coefficient (Wildman–Crippen LogP) is 5.28. The molecular formula is C30H42FN3O2. The summed E-state index contributed by atoms with van der Waals surface area (Å²) in [5.41, 5.74) is 2.11. The lowest BCUT2D eigenvalue weighted by Crippen LogP contribution is -2.57. The highest BCUT2D eigenvalue weighted by Crippen LogP contribution is 2.42. The number of phenolic OH excluding ortho intramolecular Hbond substituents is 1. The van der Waals surface area contributed by atoms with Crippen LogP contribution in [0.5, 0.6) is 5.75 Å². The van der Waals surface area contributed by atoms with Crippen molar-refractivity contribution < 1.29 is 14.3 Å². The maximum absolute atomic E-state index is 14.7. The molecule has 6 heteroatoms. The highest BCUT2D eigenvalue weighted by Gasteiger charge is 2.44. The predicted molar refractivity (Wildman–Crippen MR) is 143 cm³/mol. The molecule has 5 nitrogen and oxygen atoms in total. The second-order valence-corrected chi connectivity index (χ2v) is 11.0. The molecule has 0 bridgehead atoms. The molecule has 3 unspecified atom stereocenters. The highest BCUT2D eigenvalue weighted by atomic mass is 19.1. The van der Waals surface area contributed by atoms with E-state index in [0.29, 0.717) is 23.7 Å². The molecular weight excluding hydrogens is 453 g/mol. The Kier molecular flexibility index (Phi) is 8.81. The van der Waals surface area contributed by atoms with Crippen molar-refractivity contribution in [3.63, 3.8) is 0 Å². The Morgan fingerprint density at radius 3 is 2.64 bits per heavy atom. The molecule has 0 aliphatic carbocycles. The second kappa shape index (κ2) is 11.8. The molecule has 1 N–H and O–H groups in total. The Morgan fingerprint density at radius 2 is 1.94 bits per heavy atom. The van der Waals surface area contributed by atoms with Crippen molar-refractivity contribution in [1.29, 1.82) is 0 Å². The zero-order chi connectivity index (χ0) is 25.8. The number of halogens is 1. The molecule has 2 aliphatic rings. The molecule has 2 aromatic carbocycles. The number of piperidine rings is 1. The number of ketones is 1. The van der Waals surface area contributed by atoms with Crippen molar-refractivity contribution in [3.8, 4) is 5.75 Å². The van der Waals surface area contributed by atoms with Gasteiger partial charge in [0.2, 0.25) is 0 Å². The van der Waals surface area contributed by atoms with Crippen LogP contribution in [0.2, 0.25) is 0 Å². The van der Waals surface area contributed by atoms with Crippen LogP contribution in [0.4, 0.5) is 4.39 Å². The van der Waals surface area contributed by atoms with E-state index >= 15 is 0 Å². The Balaban J connectivity index is 1.69. The van der Waals surface area contributed by atoms with Crippen LogP contribution in [0.1, 0.15) is 66.4 Å². The summed E-state index contributed by atoms with van der Waals surface area (Å²) in [5.74, 6) is -0.458. The average molecular weight is 496 g/mol. The number of carbonyl (C=O) groups is 1. The Hall–Kier alpha value is -2.28. The Morgan fingerprint density at radius 1 is 1.17 bits per heavy atom. The maximum Gasteiger partial charge on any atom is 0.167 e. The molecule has 2 aliphatic heterocycles. The number of unbranched alkanes of at least 4 members (excludes halogenated alkanes) is 1.